The highest BCUT2D eigenvalue weighted by atomic mass is 32.1. The number of hydrogen-bond acceptors (Lipinski definition) is 5. The highest BCUT2D eigenvalue weighted by molar-refractivity contribution is 7.09. The number of nitro benzene ring substituents is 1. The monoisotopic (exact) mass is 306 g/mol. The summed E-state index contributed by atoms with van der Waals surface area (Å²) in [5.41, 5.74) is 0.908. The van der Waals surface area contributed by atoms with Gasteiger partial charge in [-0.15, -0.1) is 11.3 Å². The van der Waals surface area contributed by atoms with Crippen LogP contribution in [0.4, 0.5) is 5.69 Å². The average Bonchev–Trinajstić information content (AvgIpc) is 2.99. The van der Waals surface area contributed by atoms with Crippen molar-refractivity contribution in [1.29, 1.82) is 0 Å². The minimum atomic E-state index is -0.393. The molecule has 1 heterocycles. The lowest BCUT2D eigenvalue weighted by Crippen LogP contribution is -2.12. The fourth-order valence-electron chi connectivity index (χ4n) is 1.92. The molecule has 112 valence electrons. The lowest BCUT2D eigenvalue weighted by Gasteiger charge is -2.08. The summed E-state index contributed by atoms with van der Waals surface area (Å²) in [4.78, 5) is 12.0. The van der Waals surface area contributed by atoms with Crippen LogP contribution in [0.2, 0.25) is 0 Å². The maximum Gasteiger partial charge on any atom is 0.311 e. The number of nitrogens with one attached hydrogen (secondary N) is 1. The second-order valence-electron chi connectivity index (χ2n) is 4.52. The van der Waals surface area contributed by atoms with Crippen LogP contribution >= 0.6 is 11.3 Å². The molecule has 0 saturated carbocycles. The van der Waals surface area contributed by atoms with Crippen LogP contribution in [-0.2, 0) is 13.0 Å². The third-order valence-corrected chi connectivity index (χ3v) is 3.92. The molecule has 0 aliphatic heterocycles. The Kier molecular flexibility index (Phi) is 5.71. The van der Waals surface area contributed by atoms with Crippen LogP contribution in [0.25, 0.3) is 0 Å². The molecule has 0 fully saturated rings. The second kappa shape index (κ2) is 7.75. The molecule has 6 heteroatoms. The molecule has 0 saturated heterocycles. The Morgan fingerprint density at radius 1 is 1.38 bits per heavy atom. The number of benzene rings is 1. The first-order valence-corrected chi connectivity index (χ1v) is 7.72. The van der Waals surface area contributed by atoms with Crippen LogP contribution in [0.1, 0.15) is 17.4 Å². The van der Waals surface area contributed by atoms with E-state index in [4.69, 9.17) is 4.74 Å². The highest BCUT2D eigenvalue weighted by Gasteiger charge is 2.15. The summed E-state index contributed by atoms with van der Waals surface area (Å²) in [6.45, 7) is 3.88. The van der Waals surface area contributed by atoms with E-state index in [0.717, 1.165) is 18.5 Å². The van der Waals surface area contributed by atoms with Crippen molar-refractivity contribution < 1.29 is 9.66 Å². The summed E-state index contributed by atoms with van der Waals surface area (Å²) < 4.78 is 5.58. The molecule has 5 nitrogen and oxygen atoms in total. The molecule has 0 bridgehead atoms. The van der Waals surface area contributed by atoms with E-state index < -0.39 is 4.92 Å². The first kappa shape index (κ1) is 15.5. The smallest absolute Gasteiger partial charge is 0.311 e. The maximum absolute atomic E-state index is 11.1. The highest BCUT2D eigenvalue weighted by Crippen LogP contribution is 2.28. The van der Waals surface area contributed by atoms with E-state index in [1.165, 1.54) is 4.88 Å². The van der Waals surface area contributed by atoms with E-state index in [-0.39, 0.29) is 5.69 Å². The normalized spacial score (nSPS) is 10.5. The molecule has 0 spiro atoms. The number of hydrogen-bond donors (Lipinski definition) is 1. The Balaban J connectivity index is 2.01. The Morgan fingerprint density at radius 3 is 2.90 bits per heavy atom. The summed E-state index contributed by atoms with van der Waals surface area (Å²) in [5, 5.41) is 16.3. The zero-order valence-electron chi connectivity index (χ0n) is 11.9. The number of thiophene rings is 1. The maximum atomic E-state index is 11.1. The van der Waals surface area contributed by atoms with Crippen molar-refractivity contribution in [2.75, 3.05) is 13.2 Å². The van der Waals surface area contributed by atoms with Crippen molar-refractivity contribution in [3.8, 4) is 5.75 Å². The van der Waals surface area contributed by atoms with Gasteiger partial charge in [-0.3, -0.25) is 10.1 Å². The van der Waals surface area contributed by atoms with Gasteiger partial charge in [0.25, 0.3) is 0 Å². The summed E-state index contributed by atoms with van der Waals surface area (Å²) in [7, 11) is 0. The predicted molar refractivity (Wildman–Crippen MR) is 84.0 cm³/mol. The molecule has 0 aliphatic carbocycles. The van der Waals surface area contributed by atoms with E-state index in [1.807, 2.05) is 30.5 Å². The van der Waals surface area contributed by atoms with Crippen LogP contribution in [0.3, 0.4) is 0 Å². The molecular formula is C15H18N2O3S. The van der Waals surface area contributed by atoms with Crippen LogP contribution in [0.5, 0.6) is 5.75 Å². The van der Waals surface area contributed by atoms with Gasteiger partial charge in [0.1, 0.15) is 0 Å². The fourth-order valence-corrected chi connectivity index (χ4v) is 2.61. The van der Waals surface area contributed by atoms with Crippen LogP contribution in [0.15, 0.2) is 35.7 Å². The molecule has 21 heavy (non-hydrogen) atoms. The summed E-state index contributed by atoms with van der Waals surface area (Å²) in [6.07, 6.45) is 0.758. The van der Waals surface area contributed by atoms with Crippen molar-refractivity contribution >= 4 is 17.0 Å². The molecule has 0 aliphatic rings. The third-order valence-electron chi connectivity index (χ3n) is 2.99. The largest absolute Gasteiger partial charge is 0.486 e. The van der Waals surface area contributed by atoms with Crippen molar-refractivity contribution in [2.24, 2.45) is 0 Å². The lowest BCUT2D eigenvalue weighted by molar-refractivity contribution is -0.385. The quantitative estimate of drug-likeness (QED) is 0.600. The minimum absolute atomic E-state index is 0.0246. The van der Waals surface area contributed by atoms with E-state index in [0.29, 0.717) is 18.9 Å². The van der Waals surface area contributed by atoms with Gasteiger partial charge in [0.2, 0.25) is 0 Å². The molecule has 2 rings (SSSR count). The minimum Gasteiger partial charge on any atom is -0.486 e. The Morgan fingerprint density at radius 2 is 2.24 bits per heavy atom. The first-order valence-electron chi connectivity index (χ1n) is 6.84. The van der Waals surface area contributed by atoms with Gasteiger partial charge >= 0.3 is 5.69 Å². The Hall–Kier alpha value is -1.92. The Labute approximate surface area is 127 Å². The fraction of sp³-hybridized carbons (Fsp3) is 0.333. The van der Waals surface area contributed by atoms with Crippen LogP contribution in [0, 0.1) is 10.1 Å². The number of nitro groups is 1. The number of nitrogens with zero attached hydrogens (tertiary/aromatic N) is 1. The van der Waals surface area contributed by atoms with Crippen LogP contribution in [-0.4, -0.2) is 18.1 Å². The van der Waals surface area contributed by atoms with Crippen molar-refractivity contribution in [2.45, 2.75) is 19.9 Å². The van der Waals surface area contributed by atoms with E-state index in [9.17, 15) is 10.1 Å². The molecule has 0 amide bonds. The van der Waals surface area contributed by atoms with E-state index in [1.54, 1.807) is 23.5 Å². The lowest BCUT2D eigenvalue weighted by atomic mass is 10.2. The standard InChI is InChI=1S/C15H18N2O3S/c1-2-16-11-12-5-6-15(14(10-12)17(18)19)20-8-7-13-4-3-9-21-13/h3-6,9-10,16H,2,7-8,11H2,1H3. The third kappa shape index (κ3) is 4.54. The average molecular weight is 306 g/mol. The second-order valence-corrected chi connectivity index (χ2v) is 5.55. The van der Waals surface area contributed by atoms with Gasteiger partial charge < -0.3 is 10.1 Å². The zero-order valence-corrected chi connectivity index (χ0v) is 12.7. The molecule has 1 N–H and O–H groups in total. The molecule has 1 aromatic carbocycles. The predicted octanol–water partition coefficient (Wildman–Crippen LogP) is 3.39. The van der Waals surface area contributed by atoms with Crippen molar-refractivity contribution in [1.82, 2.24) is 5.32 Å². The van der Waals surface area contributed by atoms with Gasteiger partial charge in [0.15, 0.2) is 5.75 Å². The van der Waals surface area contributed by atoms with Crippen LogP contribution < -0.4 is 10.1 Å². The molecule has 1 aromatic heterocycles. The topological polar surface area (TPSA) is 64.4 Å². The van der Waals surface area contributed by atoms with Gasteiger partial charge in [-0.25, -0.2) is 0 Å². The summed E-state index contributed by atoms with van der Waals surface area (Å²) in [5.74, 6) is 0.330. The van der Waals surface area contributed by atoms with E-state index >= 15 is 0 Å². The van der Waals surface area contributed by atoms with Gasteiger partial charge in [-0.1, -0.05) is 19.1 Å². The van der Waals surface area contributed by atoms with Crippen molar-refractivity contribution in [3.63, 3.8) is 0 Å². The molecule has 0 atom stereocenters. The zero-order chi connectivity index (χ0) is 15.1. The number of rotatable bonds is 8. The summed E-state index contributed by atoms with van der Waals surface area (Å²) in [6, 6.07) is 9.12. The summed E-state index contributed by atoms with van der Waals surface area (Å²) >= 11 is 1.66. The van der Waals surface area contributed by atoms with Gasteiger partial charge in [0, 0.05) is 23.9 Å². The Bertz CT molecular complexity index is 585. The molecule has 2 aromatic rings. The van der Waals surface area contributed by atoms with Gasteiger partial charge in [0.05, 0.1) is 11.5 Å². The van der Waals surface area contributed by atoms with Crippen molar-refractivity contribution in [3.05, 3.63) is 56.3 Å². The van der Waals surface area contributed by atoms with Gasteiger partial charge in [-0.2, -0.15) is 0 Å². The SMILES string of the molecule is CCNCc1ccc(OCCc2cccs2)c([N+](=O)[O-])c1. The van der Waals surface area contributed by atoms with E-state index in [2.05, 4.69) is 5.32 Å². The molecule has 0 unspecified atom stereocenters. The molecular weight excluding hydrogens is 288 g/mol. The number of ether oxygens (including phenoxy) is 1. The molecule has 0 radical (unpaired) electrons. The van der Waals surface area contributed by atoms with Gasteiger partial charge in [-0.05, 0) is 29.6 Å². The first-order chi connectivity index (χ1) is 10.2.